The maximum atomic E-state index is 5.16. The van der Waals surface area contributed by atoms with E-state index in [1.165, 1.54) is 0 Å². The van der Waals surface area contributed by atoms with Crippen LogP contribution in [0, 0.1) is 6.92 Å². The highest BCUT2D eigenvalue weighted by atomic mass is 32.1. The van der Waals surface area contributed by atoms with Crippen LogP contribution in [0.4, 0.5) is 0 Å². The molecule has 0 saturated heterocycles. The van der Waals surface area contributed by atoms with Crippen LogP contribution in [0.15, 0.2) is 0 Å². The molecular weight excluding hydrogens is 198 g/mol. The summed E-state index contributed by atoms with van der Waals surface area (Å²) in [6.45, 7) is 3.93. The lowest BCUT2D eigenvalue weighted by Crippen LogP contribution is -1.93. The second kappa shape index (κ2) is 3.49. The van der Waals surface area contributed by atoms with Gasteiger partial charge in [-0.05, 0) is 13.3 Å². The second-order valence-corrected chi connectivity index (χ2v) is 3.96. The molecule has 0 radical (unpaired) electrons. The maximum Gasteiger partial charge on any atom is 0.244 e. The van der Waals surface area contributed by atoms with Gasteiger partial charge in [0, 0.05) is 0 Å². The molecule has 2 heterocycles. The monoisotopic (exact) mass is 209 g/mol. The van der Waals surface area contributed by atoms with E-state index in [1.54, 1.807) is 18.4 Å². The maximum absolute atomic E-state index is 5.16. The predicted molar refractivity (Wildman–Crippen MR) is 55.9 cm³/mol. The molecule has 0 saturated carbocycles. The third-order valence-electron chi connectivity index (χ3n) is 1.88. The van der Waals surface area contributed by atoms with E-state index in [0.717, 1.165) is 27.6 Å². The molecule has 0 aliphatic carbocycles. The van der Waals surface area contributed by atoms with Gasteiger partial charge in [0.2, 0.25) is 5.88 Å². The molecular formula is C9H11N3OS. The molecule has 2 aromatic heterocycles. The van der Waals surface area contributed by atoms with Gasteiger partial charge in [-0.25, -0.2) is 9.97 Å². The fourth-order valence-corrected chi connectivity index (χ4v) is 2.15. The summed E-state index contributed by atoms with van der Waals surface area (Å²) in [5.74, 6) is 1.30. The average Bonchev–Trinajstić information content (AvgIpc) is 2.59. The van der Waals surface area contributed by atoms with Crippen LogP contribution in [0.3, 0.4) is 0 Å². The van der Waals surface area contributed by atoms with Crippen molar-refractivity contribution < 1.29 is 4.74 Å². The van der Waals surface area contributed by atoms with Crippen molar-refractivity contribution >= 4 is 21.7 Å². The summed E-state index contributed by atoms with van der Waals surface area (Å²) < 4.78 is 5.16. The first-order valence-electron chi connectivity index (χ1n) is 4.42. The number of aromatic nitrogens is 3. The summed E-state index contributed by atoms with van der Waals surface area (Å²) in [6, 6.07) is 0. The van der Waals surface area contributed by atoms with Crippen molar-refractivity contribution in [2.45, 2.75) is 20.3 Å². The summed E-state index contributed by atoms with van der Waals surface area (Å²) >= 11 is 1.60. The van der Waals surface area contributed by atoms with Crippen molar-refractivity contribution in [1.82, 2.24) is 15.0 Å². The summed E-state index contributed by atoms with van der Waals surface area (Å²) in [6.07, 6.45) is 0.920. The zero-order chi connectivity index (χ0) is 10.1. The van der Waals surface area contributed by atoms with E-state index in [9.17, 15) is 0 Å². The highest BCUT2D eigenvalue weighted by Crippen LogP contribution is 2.26. The van der Waals surface area contributed by atoms with Crippen molar-refractivity contribution in [3.63, 3.8) is 0 Å². The molecule has 0 unspecified atom stereocenters. The molecule has 0 fully saturated rings. The van der Waals surface area contributed by atoms with Crippen molar-refractivity contribution in [1.29, 1.82) is 0 Å². The number of ether oxygens (including phenoxy) is 1. The lowest BCUT2D eigenvalue weighted by Gasteiger charge is -1.99. The number of aryl methyl sites for hydroxylation is 2. The summed E-state index contributed by atoms with van der Waals surface area (Å²) in [5.41, 5.74) is 0.778. The van der Waals surface area contributed by atoms with E-state index >= 15 is 0 Å². The van der Waals surface area contributed by atoms with Gasteiger partial charge in [-0.15, -0.1) is 0 Å². The topological polar surface area (TPSA) is 47.9 Å². The van der Waals surface area contributed by atoms with Crippen LogP contribution >= 0.6 is 11.3 Å². The molecule has 0 aliphatic rings. The lowest BCUT2D eigenvalue weighted by atomic mass is 10.5. The Labute approximate surface area is 86.0 Å². The number of rotatable bonds is 2. The van der Waals surface area contributed by atoms with E-state index in [2.05, 4.69) is 21.9 Å². The minimum atomic E-state index is 0.573. The molecule has 0 amide bonds. The molecule has 5 heteroatoms. The molecule has 4 nitrogen and oxygen atoms in total. The van der Waals surface area contributed by atoms with Crippen LogP contribution in [-0.2, 0) is 6.42 Å². The number of thiazole rings is 1. The Bertz CT molecular complexity index is 466. The third-order valence-corrected chi connectivity index (χ3v) is 2.97. The standard InChI is InChI=1S/C9H11N3OS/c1-4-6-12-7-8(13-3)10-5(2)11-9(7)14-6/h4H2,1-3H3. The fraction of sp³-hybridized carbons (Fsp3) is 0.444. The second-order valence-electron chi connectivity index (χ2n) is 2.90. The first-order valence-corrected chi connectivity index (χ1v) is 5.24. The van der Waals surface area contributed by atoms with Gasteiger partial charge in [0.1, 0.15) is 5.82 Å². The first kappa shape index (κ1) is 9.33. The number of fused-ring (bicyclic) bond motifs is 1. The molecule has 0 aromatic carbocycles. The average molecular weight is 209 g/mol. The Morgan fingerprint density at radius 1 is 1.29 bits per heavy atom. The van der Waals surface area contributed by atoms with Crippen LogP contribution in [-0.4, -0.2) is 22.1 Å². The van der Waals surface area contributed by atoms with Crippen LogP contribution in [0.5, 0.6) is 5.88 Å². The highest BCUT2D eigenvalue weighted by molar-refractivity contribution is 7.18. The zero-order valence-electron chi connectivity index (χ0n) is 8.37. The van der Waals surface area contributed by atoms with Gasteiger partial charge in [-0.2, -0.15) is 4.98 Å². The molecule has 0 bridgehead atoms. The van der Waals surface area contributed by atoms with E-state index < -0.39 is 0 Å². The Hall–Kier alpha value is -1.23. The lowest BCUT2D eigenvalue weighted by molar-refractivity contribution is 0.400. The molecule has 14 heavy (non-hydrogen) atoms. The van der Waals surface area contributed by atoms with Crippen molar-refractivity contribution in [3.05, 3.63) is 10.8 Å². The number of nitrogens with zero attached hydrogens (tertiary/aromatic N) is 3. The third kappa shape index (κ3) is 1.43. The van der Waals surface area contributed by atoms with Crippen molar-refractivity contribution in [2.24, 2.45) is 0 Å². The molecule has 0 aliphatic heterocycles. The minimum Gasteiger partial charge on any atom is -0.479 e. The molecule has 2 rings (SSSR count). The number of methoxy groups -OCH3 is 1. The van der Waals surface area contributed by atoms with Crippen molar-refractivity contribution in [3.8, 4) is 5.88 Å². The molecule has 0 atom stereocenters. The largest absolute Gasteiger partial charge is 0.479 e. The minimum absolute atomic E-state index is 0.573. The van der Waals surface area contributed by atoms with Gasteiger partial charge in [0.25, 0.3) is 0 Å². The molecule has 0 N–H and O–H groups in total. The van der Waals surface area contributed by atoms with Gasteiger partial charge in [0.15, 0.2) is 10.3 Å². The van der Waals surface area contributed by atoms with E-state index in [4.69, 9.17) is 4.74 Å². The quantitative estimate of drug-likeness (QED) is 0.758. The Morgan fingerprint density at radius 3 is 2.71 bits per heavy atom. The van der Waals surface area contributed by atoms with Crippen LogP contribution in [0.2, 0.25) is 0 Å². The summed E-state index contributed by atoms with van der Waals surface area (Å²) in [7, 11) is 1.60. The highest BCUT2D eigenvalue weighted by Gasteiger charge is 2.11. The molecule has 2 aromatic rings. The zero-order valence-corrected chi connectivity index (χ0v) is 9.18. The van der Waals surface area contributed by atoms with Crippen molar-refractivity contribution in [2.75, 3.05) is 7.11 Å². The van der Waals surface area contributed by atoms with E-state index in [0.29, 0.717) is 5.88 Å². The molecule has 74 valence electrons. The van der Waals surface area contributed by atoms with E-state index in [-0.39, 0.29) is 0 Å². The Kier molecular flexibility index (Phi) is 2.33. The smallest absolute Gasteiger partial charge is 0.244 e. The summed E-state index contributed by atoms with van der Waals surface area (Å²) in [4.78, 5) is 13.8. The van der Waals surface area contributed by atoms with Crippen LogP contribution < -0.4 is 4.74 Å². The fourth-order valence-electron chi connectivity index (χ4n) is 1.24. The SMILES string of the molecule is CCc1nc2c(OC)nc(C)nc2s1. The molecule has 0 spiro atoms. The normalized spacial score (nSPS) is 10.8. The van der Waals surface area contributed by atoms with Crippen LogP contribution in [0.1, 0.15) is 17.8 Å². The van der Waals surface area contributed by atoms with Crippen LogP contribution in [0.25, 0.3) is 10.3 Å². The predicted octanol–water partition coefficient (Wildman–Crippen LogP) is 1.97. The number of hydrogen-bond acceptors (Lipinski definition) is 5. The first-order chi connectivity index (χ1) is 6.74. The Balaban J connectivity index is 2.71. The van der Waals surface area contributed by atoms with E-state index in [1.807, 2.05) is 6.92 Å². The van der Waals surface area contributed by atoms with Gasteiger partial charge < -0.3 is 4.74 Å². The van der Waals surface area contributed by atoms with Gasteiger partial charge in [-0.1, -0.05) is 18.3 Å². The Morgan fingerprint density at radius 2 is 2.07 bits per heavy atom. The summed E-state index contributed by atoms with van der Waals surface area (Å²) in [5, 5.41) is 1.07. The van der Waals surface area contributed by atoms with Gasteiger partial charge >= 0.3 is 0 Å². The number of hydrogen-bond donors (Lipinski definition) is 0. The van der Waals surface area contributed by atoms with Gasteiger partial charge in [-0.3, -0.25) is 0 Å². The van der Waals surface area contributed by atoms with Gasteiger partial charge in [0.05, 0.1) is 12.1 Å².